The van der Waals surface area contributed by atoms with Crippen molar-refractivity contribution < 1.29 is 0 Å². The van der Waals surface area contributed by atoms with Crippen LogP contribution in [0.25, 0.3) is 0 Å². The highest BCUT2D eigenvalue weighted by Crippen LogP contribution is 2.15. The number of guanidine groups is 1. The van der Waals surface area contributed by atoms with Crippen molar-refractivity contribution in [1.82, 2.24) is 15.6 Å². The van der Waals surface area contributed by atoms with Crippen molar-refractivity contribution in [3.8, 4) is 0 Å². The van der Waals surface area contributed by atoms with Gasteiger partial charge in [0, 0.05) is 26.3 Å². The number of aliphatic imine (C=N–C) groups is 1. The molecular weight excluding hydrogens is 447 g/mol. The van der Waals surface area contributed by atoms with Crippen LogP contribution in [0.4, 0.5) is 0 Å². The van der Waals surface area contributed by atoms with Gasteiger partial charge in [-0.2, -0.15) is 0 Å². The maximum Gasteiger partial charge on any atom is 0.191 e. The quantitative estimate of drug-likeness (QED) is 0.287. The fourth-order valence-corrected chi connectivity index (χ4v) is 2.56. The Kier molecular flexibility index (Phi) is 9.82. The van der Waals surface area contributed by atoms with Gasteiger partial charge in [0.1, 0.15) is 5.15 Å². The summed E-state index contributed by atoms with van der Waals surface area (Å²) in [5.41, 5.74) is 3.78. The van der Waals surface area contributed by atoms with Gasteiger partial charge in [-0.05, 0) is 36.5 Å². The molecule has 1 aromatic carbocycles. The number of hydrogen-bond acceptors (Lipinski definition) is 2. The topological polar surface area (TPSA) is 49.3 Å². The van der Waals surface area contributed by atoms with E-state index in [9.17, 15) is 0 Å². The molecule has 0 aliphatic heterocycles. The van der Waals surface area contributed by atoms with E-state index in [4.69, 9.17) is 11.6 Å². The maximum atomic E-state index is 5.79. The summed E-state index contributed by atoms with van der Waals surface area (Å²) in [5, 5.41) is 7.24. The summed E-state index contributed by atoms with van der Waals surface area (Å²) in [7, 11) is 1.79. The lowest BCUT2D eigenvalue weighted by atomic mass is 9.99. The first-order valence-electron chi connectivity index (χ1n) is 8.20. The summed E-state index contributed by atoms with van der Waals surface area (Å²) in [6, 6.07) is 12.4. The minimum Gasteiger partial charge on any atom is -0.356 e. The van der Waals surface area contributed by atoms with Crippen LogP contribution in [-0.2, 0) is 6.42 Å². The zero-order valence-electron chi connectivity index (χ0n) is 14.9. The van der Waals surface area contributed by atoms with Gasteiger partial charge in [-0.3, -0.25) is 4.99 Å². The van der Waals surface area contributed by atoms with Crippen LogP contribution in [0.2, 0.25) is 5.15 Å². The van der Waals surface area contributed by atoms with Gasteiger partial charge in [-0.1, -0.05) is 54.4 Å². The molecule has 0 radical (unpaired) electrons. The number of aromatic nitrogens is 1. The van der Waals surface area contributed by atoms with Crippen molar-refractivity contribution in [2.24, 2.45) is 4.99 Å². The standard InChI is InChI=1S/C19H25ClN4.HI/c1-14-5-4-6-17(11-14)15(2)12-24-19(21-3)22-10-9-16-7-8-18(20)23-13-16;/h4-8,11,13,15H,9-10,12H2,1-3H3,(H2,21,22,24);1H. The molecule has 1 heterocycles. The highest BCUT2D eigenvalue weighted by molar-refractivity contribution is 14.0. The molecule has 0 saturated heterocycles. The first-order valence-corrected chi connectivity index (χ1v) is 8.58. The van der Waals surface area contributed by atoms with Crippen LogP contribution in [0, 0.1) is 6.92 Å². The van der Waals surface area contributed by atoms with E-state index in [0.29, 0.717) is 11.1 Å². The van der Waals surface area contributed by atoms with Gasteiger partial charge in [0.15, 0.2) is 5.96 Å². The molecule has 6 heteroatoms. The molecule has 25 heavy (non-hydrogen) atoms. The van der Waals surface area contributed by atoms with Crippen LogP contribution in [0.3, 0.4) is 0 Å². The van der Waals surface area contributed by atoms with Crippen LogP contribution in [0.15, 0.2) is 47.6 Å². The molecule has 0 aliphatic rings. The second kappa shape index (κ2) is 11.3. The minimum absolute atomic E-state index is 0. The van der Waals surface area contributed by atoms with Crippen LogP contribution >= 0.6 is 35.6 Å². The van der Waals surface area contributed by atoms with Gasteiger partial charge in [-0.25, -0.2) is 4.98 Å². The number of aryl methyl sites for hydroxylation is 1. The molecule has 1 atom stereocenters. The highest BCUT2D eigenvalue weighted by atomic mass is 127. The second-order valence-corrected chi connectivity index (χ2v) is 6.32. The van der Waals surface area contributed by atoms with E-state index in [1.54, 1.807) is 13.2 Å². The first kappa shape index (κ1) is 21.7. The zero-order chi connectivity index (χ0) is 17.4. The number of nitrogens with zero attached hydrogens (tertiary/aromatic N) is 2. The molecule has 4 nitrogen and oxygen atoms in total. The molecule has 136 valence electrons. The Bertz CT molecular complexity index is 673. The molecule has 0 aliphatic carbocycles. The third-order valence-electron chi connectivity index (χ3n) is 3.91. The van der Waals surface area contributed by atoms with Crippen LogP contribution in [0.1, 0.15) is 29.5 Å². The molecular formula is C19H26ClIN4. The molecule has 2 rings (SSSR count). The molecule has 0 spiro atoms. The molecule has 0 fully saturated rings. The Labute approximate surface area is 172 Å². The lowest BCUT2D eigenvalue weighted by Gasteiger charge is -2.17. The predicted molar refractivity (Wildman–Crippen MR) is 117 cm³/mol. The highest BCUT2D eigenvalue weighted by Gasteiger charge is 2.06. The number of rotatable bonds is 6. The lowest BCUT2D eigenvalue weighted by molar-refractivity contribution is 0.697. The summed E-state index contributed by atoms with van der Waals surface area (Å²) in [6.07, 6.45) is 2.68. The molecule has 0 amide bonds. The second-order valence-electron chi connectivity index (χ2n) is 5.93. The Morgan fingerprint density at radius 3 is 2.68 bits per heavy atom. The average molecular weight is 473 g/mol. The first-order chi connectivity index (χ1) is 11.6. The van der Waals surface area contributed by atoms with Crippen LogP contribution in [0.5, 0.6) is 0 Å². The summed E-state index contributed by atoms with van der Waals surface area (Å²) in [6.45, 7) is 5.97. The van der Waals surface area contributed by atoms with Gasteiger partial charge in [0.2, 0.25) is 0 Å². The van der Waals surface area contributed by atoms with Crippen molar-refractivity contribution in [3.63, 3.8) is 0 Å². The van der Waals surface area contributed by atoms with Crippen LogP contribution < -0.4 is 10.6 Å². The van der Waals surface area contributed by atoms with E-state index < -0.39 is 0 Å². The number of benzene rings is 1. The maximum absolute atomic E-state index is 5.79. The molecule has 1 aromatic heterocycles. The van der Waals surface area contributed by atoms with Crippen molar-refractivity contribution in [3.05, 3.63) is 64.4 Å². The monoisotopic (exact) mass is 472 g/mol. The fraction of sp³-hybridized carbons (Fsp3) is 0.368. The van der Waals surface area contributed by atoms with E-state index in [1.165, 1.54) is 11.1 Å². The smallest absolute Gasteiger partial charge is 0.191 e. The number of nitrogens with one attached hydrogen (secondary N) is 2. The van der Waals surface area contributed by atoms with Gasteiger partial charge in [-0.15, -0.1) is 24.0 Å². The van der Waals surface area contributed by atoms with Crippen molar-refractivity contribution in [1.29, 1.82) is 0 Å². The molecule has 1 unspecified atom stereocenters. The fourth-order valence-electron chi connectivity index (χ4n) is 2.44. The molecule has 0 saturated carbocycles. The average Bonchev–Trinajstić information content (AvgIpc) is 2.59. The van der Waals surface area contributed by atoms with E-state index in [-0.39, 0.29) is 24.0 Å². The van der Waals surface area contributed by atoms with E-state index in [1.807, 2.05) is 12.1 Å². The summed E-state index contributed by atoms with van der Waals surface area (Å²) in [5.74, 6) is 1.24. The summed E-state index contributed by atoms with van der Waals surface area (Å²) in [4.78, 5) is 8.36. The van der Waals surface area contributed by atoms with Gasteiger partial charge >= 0.3 is 0 Å². The van der Waals surface area contributed by atoms with Crippen LogP contribution in [-0.4, -0.2) is 31.1 Å². The van der Waals surface area contributed by atoms with Gasteiger partial charge in [0.05, 0.1) is 0 Å². The van der Waals surface area contributed by atoms with Crippen molar-refractivity contribution in [2.75, 3.05) is 20.1 Å². The minimum atomic E-state index is 0. The van der Waals surface area contributed by atoms with Crippen molar-refractivity contribution >= 4 is 41.5 Å². The molecule has 2 aromatic rings. The Balaban J connectivity index is 0.00000312. The summed E-state index contributed by atoms with van der Waals surface area (Å²) >= 11 is 5.79. The van der Waals surface area contributed by atoms with Gasteiger partial charge < -0.3 is 10.6 Å². The third-order valence-corrected chi connectivity index (χ3v) is 4.13. The number of halogens is 2. The lowest BCUT2D eigenvalue weighted by Crippen LogP contribution is -2.39. The normalized spacial score (nSPS) is 12.2. The Morgan fingerprint density at radius 1 is 1.24 bits per heavy atom. The largest absolute Gasteiger partial charge is 0.356 e. The molecule has 2 N–H and O–H groups in total. The number of hydrogen-bond donors (Lipinski definition) is 2. The van der Waals surface area contributed by atoms with Crippen molar-refractivity contribution in [2.45, 2.75) is 26.2 Å². The summed E-state index contributed by atoms with van der Waals surface area (Å²) < 4.78 is 0. The van der Waals surface area contributed by atoms with E-state index >= 15 is 0 Å². The van der Waals surface area contributed by atoms with Gasteiger partial charge in [0.25, 0.3) is 0 Å². The third kappa shape index (κ3) is 7.61. The number of pyridine rings is 1. The Hall–Kier alpha value is -1.34. The van der Waals surface area contributed by atoms with E-state index in [0.717, 1.165) is 31.0 Å². The SMILES string of the molecule is CN=C(NCCc1ccc(Cl)nc1)NCC(C)c1cccc(C)c1.I. The Morgan fingerprint density at radius 2 is 2.04 bits per heavy atom. The zero-order valence-corrected chi connectivity index (χ0v) is 18.0. The van der Waals surface area contributed by atoms with E-state index in [2.05, 4.69) is 58.7 Å². The predicted octanol–water partition coefficient (Wildman–Crippen LogP) is 4.17. The molecule has 0 bridgehead atoms.